The van der Waals surface area contributed by atoms with Crippen LogP contribution in [0.5, 0.6) is 0 Å². The minimum Gasteiger partial charge on any atom is -0.569 e. The summed E-state index contributed by atoms with van der Waals surface area (Å²) in [7, 11) is -4.45. The summed E-state index contributed by atoms with van der Waals surface area (Å²) >= 11 is 0. The lowest BCUT2D eigenvalue weighted by Crippen LogP contribution is -2.41. The number of rotatable bonds is 15. The maximum absolute atomic E-state index is 13.6. The Morgan fingerprint density at radius 2 is 1.57 bits per heavy atom. The normalized spacial score (nSPS) is 13.8. The number of nitrogens with zero attached hydrogens (tertiary/aromatic N) is 6. The van der Waals surface area contributed by atoms with Crippen molar-refractivity contribution in [1.29, 1.82) is 0 Å². The van der Waals surface area contributed by atoms with Gasteiger partial charge < -0.3 is 14.8 Å². The molecule has 1 aliphatic heterocycles. The van der Waals surface area contributed by atoms with Crippen molar-refractivity contribution in [2.75, 3.05) is 13.2 Å². The van der Waals surface area contributed by atoms with Crippen LogP contribution in [-0.2, 0) is 35.4 Å². The number of halogens is 3. The van der Waals surface area contributed by atoms with E-state index in [2.05, 4.69) is 10.4 Å². The zero-order valence-electron chi connectivity index (χ0n) is 30.4. The van der Waals surface area contributed by atoms with Crippen molar-refractivity contribution in [2.45, 2.75) is 63.9 Å². The highest BCUT2D eigenvalue weighted by Crippen LogP contribution is 2.33. The monoisotopic (exact) mass is 799 g/mol. The SMILES string of the molecule is Cc1ccc(-c2cc(C(F)(F)F)nn2-c2ccc(S(=O)(=O)NC(=O)CCC(=O)OCCN(C(C)C)[N+]([O-])=NOC(C)N3C(=O)c4ccccc4C3=O)cc2)cc1. The number of ether oxygens (including phenoxy) is 1. The third kappa shape index (κ3) is 9.31. The number of carbonyl (C=O) groups excluding carboxylic acids is 4. The molecule has 0 spiro atoms. The molecule has 0 aliphatic carbocycles. The summed E-state index contributed by atoms with van der Waals surface area (Å²) in [6, 6.07) is 18.0. The second-order valence-electron chi connectivity index (χ2n) is 12.8. The van der Waals surface area contributed by atoms with Gasteiger partial charge in [-0.1, -0.05) is 42.0 Å². The number of hydrogen-bond acceptors (Lipinski definition) is 11. The predicted octanol–water partition coefficient (Wildman–Crippen LogP) is 5.16. The lowest BCUT2D eigenvalue weighted by Gasteiger charge is -2.23. The summed E-state index contributed by atoms with van der Waals surface area (Å²) in [5, 5.41) is 21.0. The van der Waals surface area contributed by atoms with Gasteiger partial charge in [0.2, 0.25) is 17.4 Å². The number of amides is 3. The van der Waals surface area contributed by atoms with Gasteiger partial charge in [-0.2, -0.15) is 18.3 Å². The number of alkyl halides is 3. The Balaban J connectivity index is 1.11. The number of aryl methyl sites for hydroxylation is 1. The fraction of sp³-hybridized carbons (Fsp3) is 0.306. The molecular formula is C36H36F3N7O9S. The molecule has 16 nitrogen and oxygen atoms in total. The van der Waals surface area contributed by atoms with Gasteiger partial charge in [-0.25, -0.2) is 22.7 Å². The molecule has 1 aromatic heterocycles. The van der Waals surface area contributed by atoms with Crippen LogP contribution in [0, 0.1) is 12.1 Å². The van der Waals surface area contributed by atoms with Crippen molar-refractivity contribution in [1.82, 2.24) is 24.4 Å². The minimum absolute atomic E-state index is 0.0792. The molecule has 1 atom stereocenters. The van der Waals surface area contributed by atoms with Gasteiger partial charge in [0.1, 0.15) is 13.2 Å². The van der Waals surface area contributed by atoms with Crippen molar-refractivity contribution in [3.63, 3.8) is 0 Å². The summed E-state index contributed by atoms with van der Waals surface area (Å²) in [5.41, 5.74) is 0.815. The Bertz CT molecular complexity index is 2230. The summed E-state index contributed by atoms with van der Waals surface area (Å²) < 4.78 is 74.5. The summed E-state index contributed by atoms with van der Waals surface area (Å²) in [5.74, 6) is -3.12. The molecule has 1 aliphatic rings. The smallest absolute Gasteiger partial charge is 0.435 e. The summed E-state index contributed by atoms with van der Waals surface area (Å²) in [6.07, 6.45) is -7.06. The standard InChI is InChI=1S/C36H36F3N7O9S/c1-22(2)43(46(51)42-55-24(4)44-34(49)28-7-5-6-8-29(28)35(44)50)19-20-54-33(48)18-17-32(47)41-56(52,53)27-15-13-26(14-16-27)45-30(21-31(40-45)36(37,38)39)25-11-9-23(3)10-12-25/h5-16,21-22,24H,17-20H2,1-4H3,(H,41,47). The van der Waals surface area contributed by atoms with Crippen LogP contribution in [-0.4, -0.2) is 82.2 Å². The van der Waals surface area contributed by atoms with Crippen LogP contribution in [0.3, 0.4) is 0 Å². The van der Waals surface area contributed by atoms with Crippen molar-refractivity contribution < 1.29 is 55.3 Å². The number of carbonyl (C=O) groups is 4. The van der Waals surface area contributed by atoms with Crippen LogP contribution >= 0.6 is 0 Å². The Labute approximate surface area is 318 Å². The Kier molecular flexibility index (Phi) is 12.1. The number of esters is 1. The van der Waals surface area contributed by atoms with Crippen LogP contribution in [0.4, 0.5) is 13.2 Å². The molecule has 2 heterocycles. The molecule has 4 aromatic rings. The van der Waals surface area contributed by atoms with Gasteiger partial charge in [0.25, 0.3) is 21.8 Å². The van der Waals surface area contributed by atoms with E-state index in [0.29, 0.717) is 5.56 Å². The van der Waals surface area contributed by atoms with Crippen LogP contribution in [0.15, 0.2) is 89.0 Å². The zero-order chi connectivity index (χ0) is 40.9. The molecule has 20 heteroatoms. The fourth-order valence-corrected chi connectivity index (χ4v) is 6.51. The van der Waals surface area contributed by atoms with Gasteiger partial charge >= 0.3 is 12.1 Å². The number of hydrogen-bond donors (Lipinski definition) is 1. The number of aromatic nitrogens is 2. The van der Waals surface area contributed by atoms with Gasteiger partial charge in [0, 0.05) is 12.0 Å². The van der Waals surface area contributed by atoms with Crippen molar-refractivity contribution in [2.24, 2.45) is 5.28 Å². The van der Waals surface area contributed by atoms with E-state index in [1.165, 1.54) is 31.2 Å². The second kappa shape index (κ2) is 16.6. The first-order valence-corrected chi connectivity index (χ1v) is 18.5. The fourth-order valence-electron chi connectivity index (χ4n) is 5.50. The van der Waals surface area contributed by atoms with E-state index in [0.717, 1.165) is 38.4 Å². The zero-order valence-corrected chi connectivity index (χ0v) is 31.2. The number of sulfonamides is 1. The van der Waals surface area contributed by atoms with E-state index in [-0.39, 0.29) is 45.5 Å². The number of hydrazine groups is 1. The molecule has 1 N–H and O–H groups in total. The van der Waals surface area contributed by atoms with E-state index in [1.807, 2.05) is 11.6 Å². The molecule has 56 heavy (non-hydrogen) atoms. The van der Waals surface area contributed by atoms with Crippen LogP contribution in [0.25, 0.3) is 16.9 Å². The van der Waals surface area contributed by atoms with Crippen LogP contribution in [0.2, 0.25) is 0 Å². The van der Waals surface area contributed by atoms with Gasteiger partial charge in [-0.05, 0) is 70.2 Å². The summed E-state index contributed by atoms with van der Waals surface area (Å²) in [6.45, 7) is 5.94. The molecular weight excluding hydrogens is 763 g/mol. The Morgan fingerprint density at radius 1 is 0.964 bits per heavy atom. The number of benzene rings is 3. The number of fused-ring (bicyclic) bond motifs is 1. The summed E-state index contributed by atoms with van der Waals surface area (Å²) in [4.78, 5) is 55.8. The van der Waals surface area contributed by atoms with Crippen LogP contribution < -0.4 is 4.72 Å². The molecule has 3 aromatic carbocycles. The number of imide groups is 1. The second-order valence-corrected chi connectivity index (χ2v) is 14.4. The highest BCUT2D eigenvalue weighted by molar-refractivity contribution is 7.90. The third-order valence-corrected chi connectivity index (χ3v) is 9.79. The van der Waals surface area contributed by atoms with E-state index < -0.39 is 70.7 Å². The topological polar surface area (TPSA) is 196 Å². The molecule has 3 amide bonds. The molecule has 5 rings (SSSR count). The first kappa shape index (κ1) is 40.9. The van der Waals surface area contributed by atoms with Crippen molar-refractivity contribution in [3.8, 4) is 16.9 Å². The van der Waals surface area contributed by atoms with E-state index in [9.17, 15) is 46.0 Å². The van der Waals surface area contributed by atoms with E-state index in [1.54, 1.807) is 50.2 Å². The van der Waals surface area contributed by atoms with Gasteiger partial charge in [-0.3, -0.25) is 19.2 Å². The lowest BCUT2D eigenvalue weighted by atomic mass is 10.1. The van der Waals surface area contributed by atoms with Crippen LogP contribution in [0.1, 0.15) is 65.6 Å². The lowest BCUT2D eigenvalue weighted by molar-refractivity contribution is -0.718. The quantitative estimate of drug-likeness (QED) is 0.0549. The molecule has 0 bridgehead atoms. The van der Waals surface area contributed by atoms with Crippen molar-refractivity contribution in [3.05, 3.63) is 106 Å². The predicted molar refractivity (Wildman–Crippen MR) is 190 cm³/mol. The highest BCUT2D eigenvalue weighted by atomic mass is 32.2. The number of nitrogens with one attached hydrogen (secondary N) is 1. The average Bonchev–Trinajstić information content (AvgIpc) is 3.71. The van der Waals surface area contributed by atoms with E-state index >= 15 is 0 Å². The molecule has 1 unspecified atom stereocenters. The van der Waals surface area contributed by atoms with Gasteiger partial charge in [-0.15, -0.1) is 5.01 Å². The highest BCUT2D eigenvalue weighted by Gasteiger charge is 2.40. The molecule has 296 valence electrons. The molecule has 0 fully saturated rings. The maximum Gasteiger partial charge on any atom is 0.435 e. The Hall–Kier alpha value is -6.31. The van der Waals surface area contributed by atoms with Gasteiger partial charge in [0.05, 0.1) is 44.8 Å². The maximum atomic E-state index is 13.6. The molecule has 0 saturated heterocycles. The molecule has 0 saturated carbocycles. The third-order valence-electron chi connectivity index (χ3n) is 8.40. The van der Waals surface area contributed by atoms with Gasteiger partial charge in [0.15, 0.2) is 5.69 Å². The minimum atomic E-state index is -4.74. The van der Waals surface area contributed by atoms with Crippen molar-refractivity contribution >= 4 is 33.7 Å². The Morgan fingerprint density at radius 3 is 2.14 bits per heavy atom. The largest absolute Gasteiger partial charge is 0.569 e. The average molecular weight is 800 g/mol. The first-order valence-electron chi connectivity index (χ1n) is 17.0. The van der Waals surface area contributed by atoms with E-state index in [4.69, 9.17) is 9.57 Å². The first-order chi connectivity index (χ1) is 26.4. The molecule has 0 radical (unpaired) electrons.